The molecule has 2 aromatic carbocycles. The van der Waals surface area contributed by atoms with E-state index in [0.717, 1.165) is 27.8 Å². The van der Waals surface area contributed by atoms with E-state index >= 15 is 0 Å². The molecule has 0 radical (unpaired) electrons. The summed E-state index contributed by atoms with van der Waals surface area (Å²) in [5, 5.41) is 10.5. The van der Waals surface area contributed by atoms with E-state index in [4.69, 9.17) is 0 Å². The fraction of sp³-hybridized carbons (Fsp3) is 0.316. The zero-order chi connectivity index (χ0) is 17.1. The van der Waals surface area contributed by atoms with Gasteiger partial charge in [-0.25, -0.2) is 0 Å². The molecule has 1 aliphatic heterocycles. The number of thioether (sulfide) groups is 1. The molecule has 0 aromatic heterocycles. The fourth-order valence-corrected chi connectivity index (χ4v) is 3.82. The molecule has 0 spiro atoms. The second-order valence-corrected chi connectivity index (χ2v) is 7.71. The molecule has 3 rings (SSSR count). The van der Waals surface area contributed by atoms with Crippen LogP contribution in [0, 0.1) is 0 Å². The Labute approximate surface area is 155 Å². The average molecular weight is 406 g/mol. The first-order valence-corrected chi connectivity index (χ1v) is 10.00. The smallest absolute Gasteiger partial charge is 0.256 e. The van der Waals surface area contributed by atoms with Crippen LogP contribution < -0.4 is 0 Å². The molecule has 2 unspecified atom stereocenters. The molecule has 2 atom stereocenters. The molecule has 1 amide bonds. The summed E-state index contributed by atoms with van der Waals surface area (Å²) in [5.41, 5.74) is 1.77. The van der Waals surface area contributed by atoms with Crippen LogP contribution >= 0.6 is 27.7 Å². The van der Waals surface area contributed by atoms with Gasteiger partial charge in [0, 0.05) is 15.9 Å². The number of carbonyl (C=O) groups excluding carboxylic acids is 1. The molecule has 1 heterocycles. The summed E-state index contributed by atoms with van der Waals surface area (Å²) in [7, 11) is 0. The van der Waals surface area contributed by atoms with E-state index in [1.165, 1.54) is 0 Å². The Balaban J connectivity index is 1.78. The van der Waals surface area contributed by atoms with Crippen LogP contribution in [-0.2, 0) is 4.79 Å². The zero-order valence-electron chi connectivity index (χ0n) is 13.5. The van der Waals surface area contributed by atoms with Crippen molar-refractivity contribution in [2.45, 2.75) is 29.9 Å². The molecule has 0 aliphatic carbocycles. The van der Waals surface area contributed by atoms with Gasteiger partial charge in [-0.3, -0.25) is 4.79 Å². The van der Waals surface area contributed by atoms with Gasteiger partial charge in [0.05, 0.1) is 6.04 Å². The monoisotopic (exact) mass is 405 g/mol. The van der Waals surface area contributed by atoms with Crippen molar-refractivity contribution in [1.29, 1.82) is 0 Å². The topological polar surface area (TPSA) is 40.5 Å². The number of aliphatic hydroxyl groups is 1. The quantitative estimate of drug-likeness (QED) is 0.757. The van der Waals surface area contributed by atoms with Crippen LogP contribution in [0.3, 0.4) is 0 Å². The second-order valence-electron chi connectivity index (χ2n) is 5.92. The van der Waals surface area contributed by atoms with Crippen molar-refractivity contribution in [3.8, 4) is 0 Å². The second kappa shape index (κ2) is 7.72. The van der Waals surface area contributed by atoms with Gasteiger partial charge in [0.25, 0.3) is 5.91 Å². The van der Waals surface area contributed by atoms with E-state index < -0.39 is 6.10 Å². The van der Waals surface area contributed by atoms with E-state index in [2.05, 4.69) is 15.9 Å². The van der Waals surface area contributed by atoms with Crippen LogP contribution in [-0.4, -0.2) is 28.7 Å². The highest BCUT2D eigenvalue weighted by atomic mass is 79.9. The lowest BCUT2D eigenvalue weighted by Crippen LogP contribution is -2.34. The van der Waals surface area contributed by atoms with Crippen molar-refractivity contribution >= 4 is 33.6 Å². The highest BCUT2D eigenvalue weighted by Crippen LogP contribution is 2.34. The molecular weight excluding hydrogens is 386 g/mol. The average Bonchev–Trinajstić information content (AvgIpc) is 3.11. The van der Waals surface area contributed by atoms with Crippen LogP contribution in [0.25, 0.3) is 0 Å². The van der Waals surface area contributed by atoms with Crippen molar-refractivity contribution in [1.82, 2.24) is 4.90 Å². The maximum Gasteiger partial charge on any atom is 0.256 e. The minimum Gasteiger partial charge on any atom is -0.378 e. The minimum atomic E-state index is -1.10. The van der Waals surface area contributed by atoms with Gasteiger partial charge >= 0.3 is 0 Å². The fourth-order valence-electron chi connectivity index (χ4n) is 3.15. The summed E-state index contributed by atoms with van der Waals surface area (Å²) in [4.78, 5) is 15.7. The third-order valence-corrected chi connectivity index (χ3v) is 5.73. The number of hydrogen-bond donors (Lipinski definition) is 1. The summed E-state index contributed by atoms with van der Waals surface area (Å²) in [6.07, 6.45) is 2.80. The Hall–Kier alpha value is -1.30. The van der Waals surface area contributed by atoms with Crippen molar-refractivity contribution < 1.29 is 9.90 Å². The highest BCUT2D eigenvalue weighted by molar-refractivity contribution is 9.10. The van der Waals surface area contributed by atoms with Gasteiger partial charge in [-0.2, -0.15) is 0 Å². The number of amides is 1. The zero-order valence-corrected chi connectivity index (χ0v) is 15.9. The van der Waals surface area contributed by atoms with Crippen LogP contribution in [0.15, 0.2) is 57.9 Å². The number of carbonyl (C=O) groups is 1. The van der Waals surface area contributed by atoms with Gasteiger partial charge in [-0.05, 0) is 54.5 Å². The number of benzene rings is 2. The van der Waals surface area contributed by atoms with Crippen molar-refractivity contribution in [2.75, 3.05) is 12.8 Å². The standard InChI is InChI=1S/C19H20BrNO2S/c1-24-16-10-6-14(7-11-16)18(22)19(23)21-12-2-3-17(21)13-4-8-15(20)9-5-13/h4-11,17-18,22H,2-3,12H2,1H3. The first-order chi connectivity index (χ1) is 11.6. The third-order valence-electron chi connectivity index (χ3n) is 4.46. The van der Waals surface area contributed by atoms with Crippen LogP contribution in [0.2, 0.25) is 0 Å². The van der Waals surface area contributed by atoms with Gasteiger partial charge in [-0.15, -0.1) is 11.8 Å². The van der Waals surface area contributed by atoms with Crippen LogP contribution in [0.1, 0.15) is 36.1 Å². The van der Waals surface area contributed by atoms with E-state index in [9.17, 15) is 9.90 Å². The largest absolute Gasteiger partial charge is 0.378 e. The summed E-state index contributed by atoms with van der Waals surface area (Å²) in [5.74, 6) is -0.211. The Morgan fingerprint density at radius 1 is 1.21 bits per heavy atom. The lowest BCUT2D eigenvalue weighted by atomic mass is 10.0. The van der Waals surface area contributed by atoms with Gasteiger partial charge in [-0.1, -0.05) is 40.2 Å². The van der Waals surface area contributed by atoms with Crippen molar-refractivity contribution in [3.63, 3.8) is 0 Å². The van der Waals surface area contributed by atoms with E-state index in [1.807, 2.05) is 59.7 Å². The van der Waals surface area contributed by atoms with E-state index in [1.54, 1.807) is 11.8 Å². The van der Waals surface area contributed by atoms with Crippen LogP contribution in [0.4, 0.5) is 0 Å². The summed E-state index contributed by atoms with van der Waals surface area (Å²) >= 11 is 5.08. The number of halogens is 1. The lowest BCUT2D eigenvalue weighted by Gasteiger charge is -2.27. The molecule has 1 N–H and O–H groups in total. The maximum absolute atomic E-state index is 12.8. The molecule has 1 aliphatic rings. The molecule has 0 saturated carbocycles. The number of likely N-dealkylation sites (tertiary alicyclic amines) is 1. The molecular formula is C19H20BrNO2S. The van der Waals surface area contributed by atoms with Crippen LogP contribution in [0.5, 0.6) is 0 Å². The Kier molecular flexibility index (Phi) is 5.64. The molecule has 3 nitrogen and oxygen atoms in total. The lowest BCUT2D eigenvalue weighted by molar-refractivity contribution is -0.141. The number of rotatable bonds is 4. The Bertz CT molecular complexity index is 702. The Morgan fingerprint density at radius 3 is 2.50 bits per heavy atom. The normalized spacial score (nSPS) is 18.6. The number of nitrogens with zero attached hydrogens (tertiary/aromatic N) is 1. The summed E-state index contributed by atoms with van der Waals surface area (Å²) in [6, 6.07) is 15.7. The predicted octanol–water partition coefficient (Wildman–Crippen LogP) is 4.57. The van der Waals surface area contributed by atoms with Gasteiger partial charge in [0.15, 0.2) is 6.10 Å². The van der Waals surface area contributed by atoms with Gasteiger partial charge < -0.3 is 10.0 Å². The predicted molar refractivity (Wildman–Crippen MR) is 101 cm³/mol. The van der Waals surface area contributed by atoms with Gasteiger partial charge in [0.2, 0.25) is 0 Å². The third kappa shape index (κ3) is 3.68. The molecule has 0 bridgehead atoms. The van der Waals surface area contributed by atoms with Crippen molar-refractivity contribution in [2.24, 2.45) is 0 Å². The molecule has 126 valence electrons. The first-order valence-electron chi connectivity index (χ1n) is 7.98. The first kappa shape index (κ1) is 17.5. The van der Waals surface area contributed by atoms with E-state index in [0.29, 0.717) is 12.1 Å². The Morgan fingerprint density at radius 2 is 1.88 bits per heavy atom. The molecule has 2 aromatic rings. The summed E-state index contributed by atoms with van der Waals surface area (Å²) < 4.78 is 1.02. The maximum atomic E-state index is 12.8. The molecule has 5 heteroatoms. The molecule has 1 fully saturated rings. The highest BCUT2D eigenvalue weighted by Gasteiger charge is 2.33. The number of aliphatic hydroxyl groups excluding tert-OH is 1. The van der Waals surface area contributed by atoms with Crippen molar-refractivity contribution in [3.05, 3.63) is 64.1 Å². The van der Waals surface area contributed by atoms with E-state index in [-0.39, 0.29) is 11.9 Å². The SMILES string of the molecule is CSc1ccc(C(O)C(=O)N2CCCC2c2ccc(Br)cc2)cc1. The molecule has 24 heavy (non-hydrogen) atoms. The number of hydrogen-bond acceptors (Lipinski definition) is 3. The van der Waals surface area contributed by atoms with Gasteiger partial charge in [0.1, 0.15) is 0 Å². The minimum absolute atomic E-state index is 0.0470. The molecule has 1 saturated heterocycles. The summed E-state index contributed by atoms with van der Waals surface area (Å²) in [6.45, 7) is 0.694.